The van der Waals surface area contributed by atoms with Gasteiger partial charge in [0.15, 0.2) is 5.76 Å². The fraction of sp³-hybridized carbons (Fsp3) is 0.133. The van der Waals surface area contributed by atoms with Crippen LogP contribution in [0.4, 0.5) is 5.69 Å². The molecule has 22 heavy (non-hydrogen) atoms. The number of carboxylic acids is 2. The Morgan fingerprint density at radius 1 is 1.05 bits per heavy atom. The van der Waals surface area contributed by atoms with E-state index in [0.29, 0.717) is 5.69 Å². The number of hydrogen-bond acceptors (Lipinski definition) is 4. The van der Waals surface area contributed by atoms with Crippen molar-refractivity contribution in [2.75, 3.05) is 11.4 Å². The van der Waals surface area contributed by atoms with E-state index in [0.717, 1.165) is 0 Å². The van der Waals surface area contributed by atoms with Crippen LogP contribution in [0, 0.1) is 0 Å². The molecule has 0 aliphatic rings. The van der Waals surface area contributed by atoms with Crippen LogP contribution in [0.3, 0.4) is 0 Å². The number of carbonyl (C=O) groups excluding carboxylic acids is 1. The lowest BCUT2D eigenvalue weighted by atomic mass is 10.2. The van der Waals surface area contributed by atoms with Crippen molar-refractivity contribution in [3.63, 3.8) is 0 Å². The molecule has 7 heteroatoms. The average molecular weight is 303 g/mol. The van der Waals surface area contributed by atoms with Gasteiger partial charge in [0.25, 0.3) is 5.91 Å². The largest absolute Gasteiger partial charge is 0.481 e. The van der Waals surface area contributed by atoms with Gasteiger partial charge < -0.3 is 19.5 Å². The van der Waals surface area contributed by atoms with Gasteiger partial charge in [-0.2, -0.15) is 0 Å². The first-order valence-corrected chi connectivity index (χ1v) is 6.39. The van der Waals surface area contributed by atoms with Gasteiger partial charge in [0, 0.05) is 12.2 Å². The molecule has 0 radical (unpaired) electrons. The second kappa shape index (κ2) is 6.57. The Hall–Kier alpha value is -3.09. The van der Waals surface area contributed by atoms with E-state index in [9.17, 15) is 14.4 Å². The lowest BCUT2D eigenvalue weighted by molar-refractivity contribution is -0.136. The number of rotatable bonds is 6. The maximum atomic E-state index is 12.4. The number of furan rings is 1. The summed E-state index contributed by atoms with van der Waals surface area (Å²) in [6, 6.07) is 8.62. The van der Waals surface area contributed by atoms with Crippen LogP contribution in [-0.2, 0) is 4.79 Å². The first-order chi connectivity index (χ1) is 10.5. The molecule has 0 bridgehead atoms. The van der Waals surface area contributed by atoms with Crippen LogP contribution in [-0.4, -0.2) is 34.6 Å². The topological polar surface area (TPSA) is 108 Å². The first kappa shape index (κ1) is 15.3. The number of carbonyl (C=O) groups is 3. The Kier molecular flexibility index (Phi) is 4.57. The summed E-state index contributed by atoms with van der Waals surface area (Å²) in [7, 11) is 0. The third-order valence-corrected chi connectivity index (χ3v) is 2.95. The van der Waals surface area contributed by atoms with Crippen LogP contribution in [0.1, 0.15) is 27.3 Å². The summed E-state index contributed by atoms with van der Waals surface area (Å²) in [4.78, 5) is 35.2. The molecular weight excluding hydrogens is 290 g/mol. The Bertz CT molecular complexity index is 675. The van der Waals surface area contributed by atoms with Crippen LogP contribution in [0.25, 0.3) is 0 Å². The number of amides is 1. The van der Waals surface area contributed by atoms with Gasteiger partial charge in [-0.25, -0.2) is 4.79 Å². The van der Waals surface area contributed by atoms with Gasteiger partial charge in [-0.05, 0) is 36.4 Å². The predicted molar refractivity (Wildman–Crippen MR) is 76.0 cm³/mol. The second-order valence-corrected chi connectivity index (χ2v) is 4.43. The third-order valence-electron chi connectivity index (χ3n) is 2.95. The highest BCUT2D eigenvalue weighted by Gasteiger charge is 2.21. The van der Waals surface area contributed by atoms with E-state index in [-0.39, 0.29) is 24.3 Å². The monoisotopic (exact) mass is 303 g/mol. The van der Waals surface area contributed by atoms with Crippen LogP contribution >= 0.6 is 0 Å². The molecule has 114 valence electrons. The zero-order valence-corrected chi connectivity index (χ0v) is 11.4. The van der Waals surface area contributed by atoms with Crippen LogP contribution in [0.5, 0.6) is 0 Å². The molecule has 1 heterocycles. The van der Waals surface area contributed by atoms with E-state index in [1.54, 1.807) is 6.07 Å². The number of aliphatic carboxylic acids is 1. The van der Waals surface area contributed by atoms with Crippen LogP contribution in [0.15, 0.2) is 47.1 Å². The zero-order valence-electron chi connectivity index (χ0n) is 11.4. The van der Waals surface area contributed by atoms with E-state index in [2.05, 4.69) is 0 Å². The molecule has 1 amide bonds. The van der Waals surface area contributed by atoms with E-state index in [1.165, 1.54) is 41.5 Å². The molecule has 2 aromatic rings. The van der Waals surface area contributed by atoms with E-state index in [1.807, 2.05) is 0 Å². The van der Waals surface area contributed by atoms with Crippen molar-refractivity contribution in [2.45, 2.75) is 6.42 Å². The van der Waals surface area contributed by atoms with Crippen molar-refractivity contribution in [2.24, 2.45) is 0 Å². The van der Waals surface area contributed by atoms with Crippen molar-refractivity contribution >= 4 is 23.5 Å². The minimum absolute atomic E-state index is 0.0543. The molecule has 7 nitrogen and oxygen atoms in total. The average Bonchev–Trinajstić information content (AvgIpc) is 3.01. The summed E-state index contributed by atoms with van der Waals surface area (Å²) < 4.78 is 5.03. The third kappa shape index (κ3) is 3.51. The van der Waals surface area contributed by atoms with Gasteiger partial charge in [-0.1, -0.05) is 0 Å². The zero-order chi connectivity index (χ0) is 16.1. The summed E-state index contributed by atoms with van der Waals surface area (Å²) in [6.07, 6.45) is 1.10. The van der Waals surface area contributed by atoms with Crippen molar-refractivity contribution in [1.82, 2.24) is 0 Å². The summed E-state index contributed by atoms with van der Waals surface area (Å²) in [5.41, 5.74) is 0.472. The predicted octanol–water partition coefficient (Wildman–Crippen LogP) is 2.10. The van der Waals surface area contributed by atoms with Crippen molar-refractivity contribution in [1.29, 1.82) is 0 Å². The Labute approximate surface area is 125 Å². The number of aromatic carboxylic acids is 1. The Balaban J connectivity index is 2.28. The maximum absolute atomic E-state index is 12.4. The van der Waals surface area contributed by atoms with Crippen molar-refractivity contribution < 1.29 is 29.0 Å². The lowest BCUT2D eigenvalue weighted by Crippen LogP contribution is -2.32. The molecule has 1 aromatic carbocycles. The highest BCUT2D eigenvalue weighted by molar-refractivity contribution is 6.04. The molecule has 0 saturated carbocycles. The lowest BCUT2D eigenvalue weighted by Gasteiger charge is -2.21. The van der Waals surface area contributed by atoms with Gasteiger partial charge >= 0.3 is 11.9 Å². The number of nitrogens with zero attached hydrogens (tertiary/aromatic N) is 1. The highest BCUT2D eigenvalue weighted by atomic mass is 16.4. The Morgan fingerprint density at radius 3 is 2.23 bits per heavy atom. The molecule has 0 unspecified atom stereocenters. The number of carboxylic acid groups (broad SMARTS) is 2. The Morgan fingerprint density at radius 2 is 1.73 bits per heavy atom. The molecular formula is C15H13NO6. The summed E-state index contributed by atoms with van der Waals surface area (Å²) >= 11 is 0. The van der Waals surface area contributed by atoms with E-state index >= 15 is 0 Å². The molecule has 2 N–H and O–H groups in total. The smallest absolute Gasteiger partial charge is 0.335 e. The van der Waals surface area contributed by atoms with Gasteiger partial charge in [-0.15, -0.1) is 0 Å². The molecule has 2 rings (SSSR count). The summed E-state index contributed by atoms with van der Waals surface area (Å²) in [6.45, 7) is -0.0543. The molecule has 0 aliphatic carbocycles. The van der Waals surface area contributed by atoms with Gasteiger partial charge in [0.1, 0.15) is 0 Å². The van der Waals surface area contributed by atoms with Gasteiger partial charge in [-0.3, -0.25) is 9.59 Å². The number of benzene rings is 1. The van der Waals surface area contributed by atoms with E-state index < -0.39 is 17.8 Å². The van der Waals surface area contributed by atoms with Crippen molar-refractivity contribution in [3.05, 3.63) is 54.0 Å². The standard InChI is InChI=1S/C15H13NO6/c17-13(18)7-8-16(14(19)12-2-1-9-22-12)11-5-3-10(4-6-11)15(20)21/h1-6,9H,7-8H2,(H,17,18)(H,20,21). The number of anilines is 1. The van der Waals surface area contributed by atoms with Gasteiger partial charge in [0.05, 0.1) is 18.2 Å². The first-order valence-electron chi connectivity index (χ1n) is 6.39. The quantitative estimate of drug-likeness (QED) is 0.846. The molecule has 1 aromatic heterocycles. The SMILES string of the molecule is O=C(O)CCN(C(=O)c1ccco1)c1ccc(C(=O)O)cc1. The fourth-order valence-electron chi connectivity index (χ4n) is 1.87. The minimum Gasteiger partial charge on any atom is -0.481 e. The normalized spacial score (nSPS) is 10.2. The van der Waals surface area contributed by atoms with Crippen LogP contribution in [0.2, 0.25) is 0 Å². The van der Waals surface area contributed by atoms with Gasteiger partial charge in [0.2, 0.25) is 0 Å². The molecule has 0 saturated heterocycles. The molecule has 0 atom stereocenters. The summed E-state index contributed by atoms with van der Waals surface area (Å²) in [5.74, 6) is -2.54. The highest BCUT2D eigenvalue weighted by Crippen LogP contribution is 2.19. The number of hydrogen-bond donors (Lipinski definition) is 2. The maximum Gasteiger partial charge on any atom is 0.335 e. The van der Waals surface area contributed by atoms with Crippen LogP contribution < -0.4 is 4.90 Å². The summed E-state index contributed by atoms with van der Waals surface area (Å²) in [5, 5.41) is 17.7. The molecule has 0 aliphatic heterocycles. The fourth-order valence-corrected chi connectivity index (χ4v) is 1.87. The molecule has 0 spiro atoms. The second-order valence-electron chi connectivity index (χ2n) is 4.43. The molecule has 0 fully saturated rings. The van der Waals surface area contributed by atoms with Crippen molar-refractivity contribution in [3.8, 4) is 0 Å². The minimum atomic E-state index is -1.08. The van der Waals surface area contributed by atoms with E-state index in [4.69, 9.17) is 14.6 Å².